The summed E-state index contributed by atoms with van der Waals surface area (Å²) in [6.45, 7) is 0. The van der Waals surface area contributed by atoms with E-state index in [-0.39, 0.29) is 5.75 Å². The van der Waals surface area contributed by atoms with E-state index in [1.54, 1.807) is 18.2 Å². The Morgan fingerprint density at radius 2 is 2.23 bits per heavy atom. The maximum atomic E-state index is 10.7. The van der Waals surface area contributed by atoms with E-state index in [1.165, 1.54) is 12.8 Å². The van der Waals surface area contributed by atoms with E-state index < -0.39 is 0 Å². The molecule has 68 valence electrons. The molecule has 1 N–H and O–H groups in total. The average molecular weight is 176 g/mol. The van der Waals surface area contributed by atoms with Crippen molar-refractivity contribution < 1.29 is 9.90 Å². The van der Waals surface area contributed by atoms with Crippen LogP contribution in [0, 0.1) is 5.92 Å². The van der Waals surface area contributed by atoms with E-state index in [9.17, 15) is 9.90 Å². The molecule has 0 aliphatic heterocycles. The second-order valence-corrected chi connectivity index (χ2v) is 3.65. The van der Waals surface area contributed by atoms with Crippen LogP contribution < -0.4 is 0 Å². The molecule has 13 heavy (non-hydrogen) atoms. The second kappa shape index (κ2) is 3.21. The van der Waals surface area contributed by atoms with Gasteiger partial charge in [-0.2, -0.15) is 0 Å². The average Bonchev–Trinajstić information content (AvgIpc) is 2.89. The third-order valence-corrected chi connectivity index (χ3v) is 2.46. The molecule has 1 aliphatic rings. The van der Waals surface area contributed by atoms with E-state index in [2.05, 4.69) is 0 Å². The first kappa shape index (κ1) is 8.30. The standard InChI is InChI=1S/C11H12O2/c12-7-9-3-4-11(13)6-10(9)5-8-1-2-8/h3-4,6-8,13H,1-2,5H2. The normalized spacial score (nSPS) is 15.7. The Labute approximate surface area is 77.2 Å². The third-order valence-electron chi connectivity index (χ3n) is 2.46. The third kappa shape index (κ3) is 1.89. The van der Waals surface area contributed by atoms with Crippen molar-refractivity contribution in [3.63, 3.8) is 0 Å². The highest BCUT2D eigenvalue weighted by molar-refractivity contribution is 5.77. The fraction of sp³-hybridized carbons (Fsp3) is 0.364. The number of rotatable bonds is 3. The van der Waals surface area contributed by atoms with Gasteiger partial charge in [0.25, 0.3) is 0 Å². The van der Waals surface area contributed by atoms with Gasteiger partial charge in [0.15, 0.2) is 0 Å². The fourth-order valence-electron chi connectivity index (χ4n) is 1.52. The highest BCUT2D eigenvalue weighted by atomic mass is 16.3. The number of benzene rings is 1. The lowest BCUT2D eigenvalue weighted by molar-refractivity contribution is 0.112. The SMILES string of the molecule is O=Cc1ccc(O)cc1CC1CC1. The smallest absolute Gasteiger partial charge is 0.150 e. The van der Waals surface area contributed by atoms with Crippen LogP contribution in [0.2, 0.25) is 0 Å². The number of aromatic hydroxyl groups is 1. The summed E-state index contributed by atoms with van der Waals surface area (Å²) < 4.78 is 0. The zero-order valence-electron chi connectivity index (χ0n) is 7.36. The Bertz CT molecular complexity index is 327. The molecule has 0 spiro atoms. The van der Waals surface area contributed by atoms with Gasteiger partial charge in [-0.25, -0.2) is 0 Å². The fourth-order valence-corrected chi connectivity index (χ4v) is 1.52. The Morgan fingerprint density at radius 3 is 2.85 bits per heavy atom. The highest BCUT2D eigenvalue weighted by Crippen LogP contribution is 2.33. The molecule has 0 unspecified atom stereocenters. The van der Waals surface area contributed by atoms with Gasteiger partial charge in [-0.3, -0.25) is 4.79 Å². The van der Waals surface area contributed by atoms with Gasteiger partial charge in [-0.1, -0.05) is 0 Å². The maximum Gasteiger partial charge on any atom is 0.150 e. The lowest BCUT2D eigenvalue weighted by atomic mass is 10.0. The molecule has 1 aromatic rings. The van der Waals surface area contributed by atoms with Crippen LogP contribution in [0.4, 0.5) is 0 Å². The summed E-state index contributed by atoms with van der Waals surface area (Å²) in [6, 6.07) is 4.93. The van der Waals surface area contributed by atoms with E-state index in [1.807, 2.05) is 0 Å². The van der Waals surface area contributed by atoms with Gasteiger partial charge in [0.2, 0.25) is 0 Å². The van der Waals surface area contributed by atoms with Crippen molar-refractivity contribution >= 4 is 6.29 Å². The van der Waals surface area contributed by atoms with Crippen molar-refractivity contribution in [2.45, 2.75) is 19.3 Å². The Morgan fingerprint density at radius 1 is 1.46 bits per heavy atom. The summed E-state index contributed by atoms with van der Waals surface area (Å²) in [6.07, 6.45) is 4.31. The lowest BCUT2D eigenvalue weighted by Crippen LogP contribution is -1.93. The van der Waals surface area contributed by atoms with Gasteiger partial charge >= 0.3 is 0 Å². The molecule has 0 saturated heterocycles. The number of carbonyl (C=O) groups is 1. The van der Waals surface area contributed by atoms with E-state index in [0.717, 1.165) is 24.2 Å². The van der Waals surface area contributed by atoms with Crippen LogP contribution in [0.15, 0.2) is 18.2 Å². The molecule has 0 radical (unpaired) electrons. The number of phenolic OH excluding ortho intramolecular Hbond substituents is 1. The molecule has 0 aromatic heterocycles. The molecule has 2 nitrogen and oxygen atoms in total. The summed E-state index contributed by atoms with van der Waals surface area (Å²) in [4.78, 5) is 10.7. The summed E-state index contributed by atoms with van der Waals surface area (Å²) in [7, 11) is 0. The minimum atomic E-state index is 0.251. The van der Waals surface area contributed by atoms with Gasteiger partial charge < -0.3 is 5.11 Å². The van der Waals surface area contributed by atoms with Crippen LogP contribution in [-0.2, 0) is 6.42 Å². The molecule has 2 rings (SSSR count). The van der Waals surface area contributed by atoms with Crippen LogP contribution in [0.5, 0.6) is 5.75 Å². The Hall–Kier alpha value is -1.31. The number of hydrogen-bond acceptors (Lipinski definition) is 2. The van der Waals surface area contributed by atoms with Crippen LogP contribution in [-0.4, -0.2) is 11.4 Å². The Balaban J connectivity index is 2.27. The molecule has 0 amide bonds. The van der Waals surface area contributed by atoms with E-state index >= 15 is 0 Å². The van der Waals surface area contributed by atoms with Crippen molar-refractivity contribution in [2.24, 2.45) is 5.92 Å². The molecule has 0 heterocycles. The second-order valence-electron chi connectivity index (χ2n) is 3.65. The zero-order chi connectivity index (χ0) is 9.26. The maximum absolute atomic E-state index is 10.7. The molecule has 1 aliphatic carbocycles. The first-order chi connectivity index (χ1) is 6.29. The Kier molecular flexibility index (Phi) is 2.05. The van der Waals surface area contributed by atoms with Gasteiger partial charge in [0, 0.05) is 5.56 Å². The summed E-state index contributed by atoms with van der Waals surface area (Å²) in [5, 5.41) is 9.25. The predicted octanol–water partition coefficient (Wildman–Crippen LogP) is 2.16. The lowest BCUT2D eigenvalue weighted by Gasteiger charge is -2.03. The van der Waals surface area contributed by atoms with Crippen molar-refractivity contribution in [3.8, 4) is 5.75 Å². The molecular formula is C11H12O2. The van der Waals surface area contributed by atoms with Crippen LogP contribution >= 0.6 is 0 Å². The number of phenols is 1. The molecular weight excluding hydrogens is 164 g/mol. The summed E-state index contributed by atoms with van der Waals surface area (Å²) >= 11 is 0. The zero-order valence-corrected chi connectivity index (χ0v) is 7.36. The minimum Gasteiger partial charge on any atom is -0.508 e. The van der Waals surface area contributed by atoms with E-state index in [4.69, 9.17) is 0 Å². The molecule has 0 bridgehead atoms. The van der Waals surface area contributed by atoms with Crippen LogP contribution in [0.25, 0.3) is 0 Å². The van der Waals surface area contributed by atoms with Gasteiger partial charge in [0.1, 0.15) is 12.0 Å². The summed E-state index contributed by atoms with van der Waals surface area (Å²) in [5.41, 5.74) is 1.70. The first-order valence-electron chi connectivity index (χ1n) is 4.56. The number of carbonyl (C=O) groups excluding carboxylic acids is 1. The van der Waals surface area contributed by atoms with Gasteiger partial charge in [-0.05, 0) is 48.9 Å². The number of aldehydes is 1. The highest BCUT2D eigenvalue weighted by Gasteiger charge is 2.22. The van der Waals surface area contributed by atoms with Crippen molar-refractivity contribution in [2.75, 3.05) is 0 Å². The van der Waals surface area contributed by atoms with Crippen molar-refractivity contribution in [1.82, 2.24) is 0 Å². The number of hydrogen-bond donors (Lipinski definition) is 1. The van der Waals surface area contributed by atoms with Crippen LogP contribution in [0.3, 0.4) is 0 Å². The minimum absolute atomic E-state index is 0.251. The predicted molar refractivity (Wildman–Crippen MR) is 49.9 cm³/mol. The van der Waals surface area contributed by atoms with Crippen LogP contribution in [0.1, 0.15) is 28.8 Å². The van der Waals surface area contributed by atoms with Crippen molar-refractivity contribution in [1.29, 1.82) is 0 Å². The molecule has 1 fully saturated rings. The summed E-state index contributed by atoms with van der Waals surface area (Å²) in [5.74, 6) is 0.988. The molecule has 1 saturated carbocycles. The molecule has 2 heteroatoms. The monoisotopic (exact) mass is 176 g/mol. The molecule has 1 aromatic carbocycles. The van der Waals surface area contributed by atoms with E-state index in [0.29, 0.717) is 5.56 Å². The quantitative estimate of drug-likeness (QED) is 0.716. The van der Waals surface area contributed by atoms with Crippen molar-refractivity contribution in [3.05, 3.63) is 29.3 Å². The van der Waals surface area contributed by atoms with Gasteiger partial charge in [-0.15, -0.1) is 0 Å². The largest absolute Gasteiger partial charge is 0.508 e. The first-order valence-corrected chi connectivity index (χ1v) is 4.56. The molecule has 0 atom stereocenters. The topological polar surface area (TPSA) is 37.3 Å². The van der Waals surface area contributed by atoms with Gasteiger partial charge in [0.05, 0.1) is 0 Å².